The van der Waals surface area contributed by atoms with E-state index in [2.05, 4.69) is 0 Å². The monoisotopic (exact) mass is 359 g/mol. The van der Waals surface area contributed by atoms with Gasteiger partial charge in [0, 0.05) is 0 Å². The normalized spacial score (nSPS) is 15.2. The van der Waals surface area contributed by atoms with Crippen LogP contribution in [0.1, 0.15) is 46.1 Å². The highest BCUT2D eigenvalue weighted by Gasteiger charge is 2.36. The second kappa shape index (κ2) is 7.76. The Labute approximate surface area is 155 Å². The van der Waals surface area contributed by atoms with Gasteiger partial charge in [0.1, 0.15) is 5.82 Å². The lowest BCUT2D eigenvalue weighted by molar-refractivity contribution is -0.135. The lowest BCUT2D eigenvalue weighted by Crippen LogP contribution is -2.49. The summed E-state index contributed by atoms with van der Waals surface area (Å²) in [6.45, 7) is 6.76. The molecule has 1 aromatic carbocycles. The predicted octanol–water partition coefficient (Wildman–Crippen LogP) is 2.91. The number of hydrogen-bond donors (Lipinski definition) is 1. The molecule has 2 rings (SSSR count). The molecule has 0 fully saturated rings. The minimum absolute atomic E-state index is 0.287. The Hall–Kier alpha value is -1.92. The van der Waals surface area contributed by atoms with E-state index in [9.17, 15) is 14.3 Å². The van der Waals surface area contributed by atoms with E-state index in [1.54, 1.807) is 45.9 Å². The smallest absolute Gasteiger partial charge is 0.337 e. The molecule has 1 aliphatic rings. The minimum atomic E-state index is -1.09. The number of methoxy groups -OCH3 is 1. The van der Waals surface area contributed by atoms with Gasteiger partial charge in [0.25, 0.3) is 0 Å². The maximum Gasteiger partial charge on any atom is 0.337 e. The molecule has 0 saturated heterocycles. The topological polar surface area (TPSA) is 55.8 Å². The van der Waals surface area contributed by atoms with Crippen molar-refractivity contribution < 1.29 is 23.7 Å². The number of esters is 1. The molecule has 0 aromatic heterocycles. The summed E-state index contributed by atoms with van der Waals surface area (Å²) in [6.07, 6.45) is 5.07. The Bertz CT molecular complexity index is 745. The fourth-order valence-electron chi connectivity index (χ4n) is 2.38. The summed E-state index contributed by atoms with van der Waals surface area (Å²) in [5.41, 5.74) is 0.559. The highest BCUT2D eigenvalue weighted by molar-refractivity contribution is 6.47. The lowest BCUT2D eigenvalue weighted by atomic mass is 9.80. The molecule has 0 saturated carbocycles. The predicted molar refractivity (Wildman–Crippen MR) is 101 cm³/mol. The van der Waals surface area contributed by atoms with Crippen molar-refractivity contribution in [1.29, 1.82) is 0 Å². The summed E-state index contributed by atoms with van der Waals surface area (Å²) < 4.78 is 24.6. The van der Waals surface area contributed by atoms with Crippen molar-refractivity contribution in [2.75, 3.05) is 7.11 Å². The minimum Gasteiger partial charge on any atom is -0.465 e. The van der Waals surface area contributed by atoms with Gasteiger partial charge in [-0.1, -0.05) is 18.2 Å². The van der Waals surface area contributed by atoms with E-state index < -0.39 is 17.0 Å². The molecule has 0 atom stereocenters. The summed E-state index contributed by atoms with van der Waals surface area (Å²) >= 11 is 0. The molecule has 0 aliphatic heterocycles. The lowest BCUT2D eigenvalue weighted by Gasteiger charge is -2.37. The highest BCUT2D eigenvalue weighted by Crippen LogP contribution is 2.27. The number of hydrogen-bond acceptors (Lipinski definition) is 4. The van der Waals surface area contributed by atoms with Crippen LogP contribution in [0.5, 0.6) is 0 Å². The summed E-state index contributed by atoms with van der Waals surface area (Å²) in [7, 11) is 2.68. The molecular weight excluding hydrogens is 334 g/mol. The maximum absolute atomic E-state index is 14.2. The van der Waals surface area contributed by atoms with E-state index in [1.165, 1.54) is 20.7 Å². The third-order valence-corrected chi connectivity index (χ3v) is 4.85. The van der Waals surface area contributed by atoms with Crippen molar-refractivity contribution in [1.82, 2.24) is 0 Å². The van der Waals surface area contributed by atoms with E-state index in [1.807, 2.05) is 6.08 Å². The highest BCUT2D eigenvalue weighted by atomic mass is 19.1. The fraction of sp³-hybridized carbons (Fsp3) is 0.450. The van der Waals surface area contributed by atoms with Crippen LogP contribution in [0.4, 0.5) is 4.39 Å². The molecular formula is C20H25BFO4. The summed E-state index contributed by atoms with van der Waals surface area (Å²) in [5.74, 6) is -0.799. The number of benzene rings is 1. The van der Waals surface area contributed by atoms with E-state index in [4.69, 9.17) is 9.39 Å². The average Bonchev–Trinajstić information content (AvgIpc) is 2.59. The molecule has 0 amide bonds. The van der Waals surface area contributed by atoms with Gasteiger partial charge in [0.2, 0.25) is 0 Å². The Morgan fingerprint density at radius 1 is 1.27 bits per heavy atom. The molecule has 0 heterocycles. The molecule has 26 heavy (non-hydrogen) atoms. The number of ether oxygens (including phenoxy) is 1. The van der Waals surface area contributed by atoms with Crippen molar-refractivity contribution >= 4 is 24.5 Å². The number of carbonyl (C=O) groups is 1. The van der Waals surface area contributed by atoms with Gasteiger partial charge < -0.3 is 14.5 Å². The first kappa shape index (κ1) is 20.4. The van der Waals surface area contributed by atoms with Gasteiger partial charge in [-0.2, -0.15) is 0 Å². The van der Waals surface area contributed by atoms with Gasteiger partial charge in [-0.3, -0.25) is 0 Å². The number of rotatable bonds is 6. The molecule has 6 heteroatoms. The van der Waals surface area contributed by atoms with Crippen LogP contribution in [0.3, 0.4) is 0 Å². The summed E-state index contributed by atoms with van der Waals surface area (Å²) in [6, 6.07) is 4.74. The number of allylic oxidation sites excluding steroid dienone is 2. The number of halogens is 1. The first-order valence-electron chi connectivity index (χ1n) is 8.57. The van der Waals surface area contributed by atoms with Crippen LogP contribution in [-0.4, -0.2) is 36.9 Å². The van der Waals surface area contributed by atoms with Gasteiger partial charge in [0.15, 0.2) is 0 Å². The van der Waals surface area contributed by atoms with Crippen molar-refractivity contribution in [2.24, 2.45) is 0 Å². The van der Waals surface area contributed by atoms with Gasteiger partial charge in [-0.25, -0.2) is 9.18 Å². The number of carbonyl (C=O) groups excluding carboxylic acids is 1. The largest absolute Gasteiger partial charge is 0.465 e. The number of aliphatic hydroxyl groups is 1. The van der Waals surface area contributed by atoms with Gasteiger partial charge in [0.05, 0.1) is 23.9 Å². The standard InChI is InChI=1S/C20H25BFO4/c1-19(2,24)20(3,4)26-21-16-12-14(9-10-17(16)22)13-7-6-8-15(11-13)18(23)25-5/h8-12,24H,6-7H2,1-5H3. The SMILES string of the molecule is COC(=O)C1=CCCC(c2ccc(F)c([B]OC(C)(C)C(C)(C)O)c2)=C1. The van der Waals surface area contributed by atoms with Crippen molar-refractivity contribution in [3.63, 3.8) is 0 Å². The Kier molecular flexibility index (Phi) is 6.09. The summed E-state index contributed by atoms with van der Waals surface area (Å²) in [5, 5.41) is 10.2. The molecule has 1 N–H and O–H groups in total. The molecule has 0 bridgehead atoms. The first-order valence-corrected chi connectivity index (χ1v) is 8.57. The second-order valence-electron chi connectivity index (χ2n) is 7.40. The zero-order valence-corrected chi connectivity index (χ0v) is 15.9. The molecule has 1 aliphatic carbocycles. The summed E-state index contributed by atoms with van der Waals surface area (Å²) in [4.78, 5) is 11.7. The van der Waals surface area contributed by atoms with E-state index in [0.29, 0.717) is 5.57 Å². The van der Waals surface area contributed by atoms with Crippen LogP contribution in [0, 0.1) is 5.82 Å². The second-order valence-corrected chi connectivity index (χ2v) is 7.40. The van der Waals surface area contributed by atoms with Gasteiger partial charge >= 0.3 is 13.5 Å². The van der Waals surface area contributed by atoms with E-state index in [-0.39, 0.29) is 11.4 Å². The first-order chi connectivity index (χ1) is 12.0. The van der Waals surface area contributed by atoms with Gasteiger partial charge in [-0.15, -0.1) is 0 Å². The Morgan fingerprint density at radius 2 is 1.96 bits per heavy atom. The third-order valence-electron chi connectivity index (χ3n) is 4.85. The van der Waals surface area contributed by atoms with Crippen molar-refractivity contribution in [3.05, 3.63) is 47.3 Å². The van der Waals surface area contributed by atoms with Crippen molar-refractivity contribution in [2.45, 2.75) is 51.7 Å². The van der Waals surface area contributed by atoms with Crippen LogP contribution >= 0.6 is 0 Å². The van der Waals surface area contributed by atoms with E-state index >= 15 is 0 Å². The zero-order chi connectivity index (χ0) is 19.5. The molecule has 0 unspecified atom stereocenters. The Morgan fingerprint density at radius 3 is 2.58 bits per heavy atom. The zero-order valence-electron chi connectivity index (χ0n) is 15.9. The average molecular weight is 359 g/mol. The van der Waals surface area contributed by atoms with Crippen LogP contribution in [0.25, 0.3) is 5.57 Å². The molecule has 4 nitrogen and oxygen atoms in total. The van der Waals surface area contributed by atoms with Crippen LogP contribution in [0.15, 0.2) is 35.9 Å². The maximum atomic E-state index is 14.2. The molecule has 139 valence electrons. The molecule has 0 spiro atoms. The van der Waals surface area contributed by atoms with Crippen LogP contribution in [-0.2, 0) is 14.2 Å². The van der Waals surface area contributed by atoms with Crippen LogP contribution in [0.2, 0.25) is 0 Å². The van der Waals surface area contributed by atoms with Gasteiger partial charge in [-0.05, 0) is 69.3 Å². The van der Waals surface area contributed by atoms with Crippen LogP contribution < -0.4 is 5.46 Å². The van der Waals surface area contributed by atoms with E-state index in [0.717, 1.165) is 24.0 Å². The third kappa shape index (κ3) is 4.62. The fourth-order valence-corrected chi connectivity index (χ4v) is 2.38. The quantitative estimate of drug-likeness (QED) is 0.627. The molecule has 1 radical (unpaired) electrons. The molecule has 1 aromatic rings. The van der Waals surface area contributed by atoms with Crippen molar-refractivity contribution in [3.8, 4) is 0 Å². The Balaban J connectivity index is 2.24.